The fourth-order valence-electron chi connectivity index (χ4n) is 4.32. The van der Waals surface area contributed by atoms with Crippen LogP contribution in [0.3, 0.4) is 0 Å². The van der Waals surface area contributed by atoms with Gasteiger partial charge in [-0.15, -0.1) is 21.5 Å². The van der Waals surface area contributed by atoms with Crippen molar-refractivity contribution >= 4 is 72.9 Å². The molecule has 0 radical (unpaired) electrons. The van der Waals surface area contributed by atoms with Crippen LogP contribution < -0.4 is 10.2 Å². The van der Waals surface area contributed by atoms with Gasteiger partial charge in [0.1, 0.15) is 15.9 Å². The Morgan fingerprint density at radius 2 is 1.69 bits per heavy atom. The summed E-state index contributed by atoms with van der Waals surface area (Å²) >= 11 is 13.9. The highest BCUT2D eigenvalue weighted by molar-refractivity contribution is 7.21. The van der Waals surface area contributed by atoms with Gasteiger partial charge in [0.05, 0.1) is 10.7 Å². The van der Waals surface area contributed by atoms with Crippen molar-refractivity contribution in [1.82, 2.24) is 15.0 Å². The number of hydrogen-bond acceptors (Lipinski definition) is 5. The number of anilines is 2. The lowest BCUT2D eigenvalue weighted by molar-refractivity contribution is 0.103. The van der Waals surface area contributed by atoms with E-state index in [1.54, 1.807) is 10.9 Å². The van der Waals surface area contributed by atoms with Crippen molar-refractivity contribution < 1.29 is 4.79 Å². The molecule has 2 heterocycles. The Bertz CT molecular complexity index is 1620. The molecule has 0 saturated carbocycles. The highest BCUT2D eigenvalue weighted by Gasteiger charge is 2.19. The number of carbonyl (C=O) groups is 1. The highest BCUT2D eigenvalue weighted by atomic mass is 35.5. The molecule has 0 spiro atoms. The second kappa shape index (κ2) is 9.73. The minimum absolute atomic E-state index is 0.269. The number of aryl methyl sites for hydroxylation is 2. The molecule has 3 aromatic carbocycles. The monoisotopic (exact) mass is 537 g/mol. The Kier molecular flexibility index (Phi) is 6.64. The van der Waals surface area contributed by atoms with Gasteiger partial charge in [-0.3, -0.25) is 4.79 Å². The van der Waals surface area contributed by atoms with Crippen LogP contribution in [0.1, 0.15) is 34.6 Å². The van der Waals surface area contributed by atoms with Gasteiger partial charge in [-0.2, -0.15) is 4.80 Å². The summed E-state index contributed by atoms with van der Waals surface area (Å²) in [5, 5.41) is 14.2. The van der Waals surface area contributed by atoms with Gasteiger partial charge in [0.15, 0.2) is 0 Å². The second-order valence-electron chi connectivity index (χ2n) is 8.63. The zero-order chi connectivity index (χ0) is 25.6. The fraction of sp³-hybridized carbons (Fsp3) is 0.222. The number of carbonyl (C=O) groups excluding carboxylic acids is 1. The van der Waals surface area contributed by atoms with E-state index in [1.807, 2.05) is 37.3 Å². The van der Waals surface area contributed by atoms with E-state index in [-0.39, 0.29) is 5.91 Å². The molecule has 0 aliphatic heterocycles. The molecule has 0 aliphatic carbocycles. The topological polar surface area (TPSA) is 63.1 Å². The van der Waals surface area contributed by atoms with Gasteiger partial charge < -0.3 is 10.2 Å². The molecular weight excluding hydrogens is 513 g/mol. The van der Waals surface area contributed by atoms with Crippen molar-refractivity contribution in [1.29, 1.82) is 0 Å². The molecule has 0 atom stereocenters. The van der Waals surface area contributed by atoms with Gasteiger partial charge in [0.25, 0.3) is 5.91 Å². The standard InChI is InChI=1S/C27H25Cl2N5OS/c1-5-33(6-2)18-8-10-23(16(4)11-18)34-31-21-12-15(3)20(14-22(21)32-34)30-27(35)26-25(29)19-9-7-17(28)13-24(19)36-26/h7-14H,5-6H2,1-4H3,(H,30,35). The fourth-order valence-corrected chi connectivity index (χ4v) is 6.01. The van der Waals surface area contributed by atoms with E-state index in [0.717, 1.165) is 45.5 Å². The maximum absolute atomic E-state index is 13.1. The zero-order valence-corrected chi connectivity index (χ0v) is 22.7. The summed E-state index contributed by atoms with van der Waals surface area (Å²) in [6.07, 6.45) is 0. The van der Waals surface area contributed by atoms with Gasteiger partial charge in [-0.25, -0.2) is 0 Å². The predicted octanol–water partition coefficient (Wildman–Crippen LogP) is 7.66. The normalized spacial score (nSPS) is 11.4. The van der Waals surface area contributed by atoms with Gasteiger partial charge in [-0.05, 0) is 81.3 Å². The number of nitrogens with one attached hydrogen (secondary N) is 1. The number of thiophene rings is 1. The highest BCUT2D eigenvalue weighted by Crippen LogP contribution is 2.37. The molecule has 0 saturated heterocycles. The number of halogens is 2. The summed E-state index contributed by atoms with van der Waals surface area (Å²) < 4.78 is 0.871. The van der Waals surface area contributed by atoms with E-state index in [0.29, 0.717) is 26.1 Å². The van der Waals surface area contributed by atoms with E-state index in [9.17, 15) is 4.79 Å². The molecule has 1 amide bonds. The third kappa shape index (κ3) is 4.43. The van der Waals surface area contributed by atoms with E-state index in [4.69, 9.17) is 33.4 Å². The third-order valence-electron chi connectivity index (χ3n) is 6.30. The minimum atomic E-state index is -0.269. The molecule has 0 unspecified atom stereocenters. The molecule has 6 nitrogen and oxygen atoms in total. The quantitative estimate of drug-likeness (QED) is 0.241. The van der Waals surface area contributed by atoms with E-state index >= 15 is 0 Å². The second-order valence-corrected chi connectivity index (χ2v) is 10.5. The molecule has 184 valence electrons. The van der Waals surface area contributed by atoms with Crippen molar-refractivity contribution in [2.45, 2.75) is 27.7 Å². The Morgan fingerprint density at radius 1 is 0.972 bits per heavy atom. The van der Waals surface area contributed by atoms with Crippen molar-refractivity contribution in [3.63, 3.8) is 0 Å². The maximum atomic E-state index is 13.1. The first-order chi connectivity index (χ1) is 17.3. The SMILES string of the molecule is CCN(CC)c1ccc(-n2nc3cc(C)c(NC(=O)c4sc5cc(Cl)ccc5c4Cl)cc3n2)c(C)c1. The first kappa shape index (κ1) is 24.6. The Hall–Kier alpha value is -3.13. The van der Waals surface area contributed by atoms with Gasteiger partial charge in [0.2, 0.25) is 0 Å². The number of hydrogen-bond donors (Lipinski definition) is 1. The number of benzene rings is 3. The minimum Gasteiger partial charge on any atom is -0.372 e. The summed E-state index contributed by atoms with van der Waals surface area (Å²) in [7, 11) is 0. The maximum Gasteiger partial charge on any atom is 0.267 e. The number of aromatic nitrogens is 3. The smallest absolute Gasteiger partial charge is 0.267 e. The number of rotatable bonds is 6. The summed E-state index contributed by atoms with van der Waals surface area (Å²) in [4.78, 5) is 17.5. The summed E-state index contributed by atoms with van der Waals surface area (Å²) in [6.45, 7) is 10.2. The average molecular weight is 539 g/mol. The molecule has 0 fully saturated rings. The Labute approximate surface area is 223 Å². The Balaban J connectivity index is 1.45. The third-order valence-corrected chi connectivity index (χ3v) is 8.19. The first-order valence-corrected chi connectivity index (χ1v) is 13.3. The molecule has 9 heteroatoms. The average Bonchev–Trinajstić information content (AvgIpc) is 3.40. The first-order valence-electron chi connectivity index (χ1n) is 11.7. The van der Waals surface area contributed by atoms with Crippen LogP contribution in [-0.4, -0.2) is 34.0 Å². The Morgan fingerprint density at radius 3 is 2.39 bits per heavy atom. The lowest BCUT2D eigenvalue weighted by atomic mass is 10.1. The number of amides is 1. The van der Waals surface area contributed by atoms with Gasteiger partial charge in [-0.1, -0.05) is 29.3 Å². The van der Waals surface area contributed by atoms with Crippen molar-refractivity contribution in [2.75, 3.05) is 23.3 Å². The lowest BCUT2D eigenvalue weighted by Crippen LogP contribution is -2.21. The van der Waals surface area contributed by atoms with Crippen LogP contribution in [0.2, 0.25) is 10.0 Å². The molecule has 0 aliphatic rings. The molecule has 0 bridgehead atoms. The number of fused-ring (bicyclic) bond motifs is 2. The van der Waals surface area contributed by atoms with Crippen LogP contribution in [0.25, 0.3) is 26.8 Å². The van der Waals surface area contributed by atoms with Crippen LogP contribution in [0.5, 0.6) is 0 Å². The van der Waals surface area contributed by atoms with E-state index in [1.165, 1.54) is 17.0 Å². The molecule has 5 rings (SSSR count). The molecule has 36 heavy (non-hydrogen) atoms. The van der Waals surface area contributed by atoms with Crippen LogP contribution in [0, 0.1) is 13.8 Å². The molecular formula is C27H25Cl2N5OS. The van der Waals surface area contributed by atoms with Gasteiger partial charge in [0, 0.05) is 39.6 Å². The van der Waals surface area contributed by atoms with Crippen molar-refractivity contribution in [2.24, 2.45) is 0 Å². The molecule has 5 aromatic rings. The molecule has 1 N–H and O–H groups in total. The van der Waals surface area contributed by atoms with Crippen LogP contribution in [-0.2, 0) is 0 Å². The number of nitrogens with zero attached hydrogens (tertiary/aromatic N) is 4. The predicted molar refractivity (Wildman–Crippen MR) is 152 cm³/mol. The summed E-state index contributed by atoms with van der Waals surface area (Å²) in [6, 6.07) is 15.5. The zero-order valence-electron chi connectivity index (χ0n) is 20.4. The summed E-state index contributed by atoms with van der Waals surface area (Å²) in [5.41, 5.74) is 6.19. The van der Waals surface area contributed by atoms with Crippen molar-refractivity contribution in [3.05, 3.63) is 74.6 Å². The lowest BCUT2D eigenvalue weighted by Gasteiger charge is -2.22. The van der Waals surface area contributed by atoms with Crippen molar-refractivity contribution in [3.8, 4) is 5.69 Å². The van der Waals surface area contributed by atoms with E-state index in [2.05, 4.69) is 43.1 Å². The van der Waals surface area contributed by atoms with Crippen LogP contribution in [0.15, 0.2) is 48.5 Å². The molecule has 2 aromatic heterocycles. The van der Waals surface area contributed by atoms with E-state index < -0.39 is 0 Å². The van der Waals surface area contributed by atoms with Crippen LogP contribution >= 0.6 is 34.5 Å². The largest absolute Gasteiger partial charge is 0.372 e. The van der Waals surface area contributed by atoms with Crippen LogP contribution in [0.4, 0.5) is 11.4 Å². The van der Waals surface area contributed by atoms with Gasteiger partial charge >= 0.3 is 0 Å². The summed E-state index contributed by atoms with van der Waals surface area (Å²) in [5.74, 6) is -0.269.